The van der Waals surface area contributed by atoms with Gasteiger partial charge in [-0.05, 0) is 33.8 Å². The van der Waals surface area contributed by atoms with Crippen LogP contribution in [0.15, 0.2) is 164 Å². The van der Waals surface area contributed by atoms with E-state index in [2.05, 4.69) is 9.97 Å². The maximum Gasteiger partial charge on any atom is 0.434 e. The summed E-state index contributed by atoms with van der Waals surface area (Å²) in [6.45, 7) is 0. The minimum Gasteiger partial charge on any atom is -0.293 e. The number of fused-ring (bicyclic) bond motifs is 3. The van der Waals surface area contributed by atoms with Gasteiger partial charge in [-0.3, -0.25) is 9.55 Å². The predicted octanol–water partition coefficient (Wildman–Crippen LogP) is 7.03. The molecule has 0 radical (unpaired) electrons. The molecule has 8 aromatic rings. The number of rotatable bonds is 6. The molecule has 0 aliphatic carbocycles. The number of nitrogens with zero attached hydrogens (tertiary/aromatic N) is 4. The van der Waals surface area contributed by atoms with Gasteiger partial charge in [0.15, 0.2) is 5.69 Å². The maximum absolute atomic E-state index is 15.7. The Morgan fingerprint density at radius 2 is 1.00 bits per heavy atom. The fourth-order valence-corrected chi connectivity index (χ4v) is 11.3. The monoisotopic (exact) mass is 648 g/mol. The molecule has 3 aromatic heterocycles. The van der Waals surface area contributed by atoms with E-state index in [1.807, 2.05) is 144 Å². The van der Waals surface area contributed by atoms with E-state index in [4.69, 9.17) is 4.98 Å². The van der Waals surface area contributed by atoms with Gasteiger partial charge in [-0.15, -0.1) is 0 Å². The zero-order chi connectivity index (χ0) is 32.7. The van der Waals surface area contributed by atoms with Crippen LogP contribution >= 0.6 is 0 Å². The van der Waals surface area contributed by atoms with Crippen molar-refractivity contribution < 1.29 is 13.2 Å². The van der Waals surface area contributed by atoms with Gasteiger partial charge in [0.05, 0.1) is 16.6 Å². The van der Waals surface area contributed by atoms with E-state index < -0.39 is 19.9 Å². The largest absolute Gasteiger partial charge is 0.434 e. The fourth-order valence-electron chi connectivity index (χ4n) is 6.86. The molecule has 4 nitrogen and oxygen atoms in total. The molecular weight excluding hydrogens is 622 g/mol. The summed E-state index contributed by atoms with van der Waals surface area (Å²) in [5, 5.41) is 4.45. The Morgan fingerprint density at radius 1 is 0.521 bits per heavy atom. The zero-order valence-corrected chi connectivity index (χ0v) is 26.5. The molecule has 0 unspecified atom stereocenters. The second-order valence-electron chi connectivity index (χ2n) is 11.6. The molecule has 3 heterocycles. The van der Waals surface area contributed by atoms with Gasteiger partial charge in [-0.1, -0.05) is 133 Å². The molecule has 0 aliphatic rings. The Morgan fingerprint density at radius 3 is 1.46 bits per heavy atom. The maximum atomic E-state index is 15.7. The summed E-state index contributed by atoms with van der Waals surface area (Å²) in [5.74, 6) is 0.150. The number of halogens is 3. The van der Waals surface area contributed by atoms with Gasteiger partial charge >= 0.3 is 6.18 Å². The molecule has 5 aromatic carbocycles. The van der Waals surface area contributed by atoms with E-state index in [1.165, 1.54) is 6.20 Å². The molecular formula is C40H27F3N4Si. The van der Waals surface area contributed by atoms with E-state index >= 15 is 13.2 Å². The third kappa shape index (κ3) is 4.72. The first-order valence-electron chi connectivity index (χ1n) is 15.5. The lowest BCUT2D eigenvalue weighted by molar-refractivity contribution is -0.140. The van der Waals surface area contributed by atoms with Crippen molar-refractivity contribution in [3.63, 3.8) is 0 Å². The van der Waals surface area contributed by atoms with Gasteiger partial charge in [-0.25, -0.2) is 9.97 Å². The van der Waals surface area contributed by atoms with E-state index in [9.17, 15) is 0 Å². The third-order valence-electron chi connectivity index (χ3n) is 8.86. The lowest BCUT2D eigenvalue weighted by Crippen LogP contribution is -2.76. The van der Waals surface area contributed by atoms with Crippen molar-refractivity contribution >= 4 is 50.9 Å². The standard InChI is InChI=1S/C40H27F3N4Si/c41-40(42,43)37-36(28-15-14-26-44-27-28)38(47-34-24-12-10-22-32(34)33-23-11-13-25-35(33)47)46-39(45-37)48(29-16-4-1-5-17-29,30-18-6-2-7-19-30)31-20-8-3-9-21-31/h1-27H. The van der Waals surface area contributed by atoms with Gasteiger partial charge in [-0.2, -0.15) is 13.2 Å². The highest BCUT2D eigenvalue weighted by Gasteiger charge is 2.48. The topological polar surface area (TPSA) is 43.6 Å². The number of hydrogen-bond donors (Lipinski definition) is 0. The van der Waals surface area contributed by atoms with Crippen molar-refractivity contribution in [3.05, 3.63) is 170 Å². The Labute approximate surface area is 275 Å². The minimum atomic E-state index is -4.82. The summed E-state index contributed by atoms with van der Waals surface area (Å²) in [5.41, 5.74) is 0.781. The second-order valence-corrected chi connectivity index (χ2v) is 15.2. The van der Waals surface area contributed by atoms with E-state index in [0.717, 1.165) is 37.4 Å². The molecule has 0 saturated carbocycles. The average Bonchev–Trinajstić information content (AvgIpc) is 3.47. The van der Waals surface area contributed by atoms with Crippen LogP contribution in [0.2, 0.25) is 0 Å². The summed E-state index contributed by atoms with van der Waals surface area (Å²) >= 11 is 0. The summed E-state index contributed by atoms with van der Waals surface area (Å²) in [7, 11) is -3.56. The molecule has 8 heteroatoms. The number of hydrogen-bond acceptors (Lipinski definition) is 3. The van der Waals surface area contributed by atoms with Gasteiger partial charge < -0.3 is 0 Å². The van der Waals surface area contributed by atoms with Gasteiger partial charge in [0.25, 0.3) is 0 Å². The molecule has 48 heavy (non-hydrogen) atoms. The molecule has 0 N–H and O–H groups in total. The van der Waals surface area contributed by atoms with Crippen LogP contribution in [0.1, 0.15) is 5.69 Å². The Balaban J connectivity index is 1.62. The molecule has 0 atom stereocenters. The highest BCUT2D eigenvalue weighted by atomic mass is 28.3. The Hall–Kier alpha value is -5.86. The molecule has 0 saturated heterocycles. The Kier molecular flexibility index (Phi) is 7.22. The van der Waals surface area contributed by atoms with Crippen molar-refractivity contribution in [2.75, 3.05) is 0 Å². The molecule has 0 amide bonds. The molecule has 8 rings (SSSR count). The van der Waals surface area contributed by atoms with Gasteiger partial charge in [0.1, 0.15) is 11.3 Å². The summed E-state index contributed by atoms with van der Waals surface area (Å²) in [6, 6.07) is 47.9. The quantitative estimate of drug-likeness (QED) is 0.144. The first kappa shape index (κ1) is 29.5. The highest BCUT2D eigenvalue weighted by Crippen LogP contribution is 2.40. The van der Waals surface area contributed by atoms with Crippen molar-refractivity contribution in [2.24, 2.45) is 0 Å². The number of aromatic nitrogens is 4. The lowest BCUT2D eigenvalue weighted by Gasteiger charge is -2.33. The minimum absolute atomic E-state index is 0.122. The number of benzene rings is 5. The van der Waals surface area contributed by atoms with E-state index in [-0.39, 0.29) is 22.4 Å². The fraction of sp³-hybridized carbons (Fsp3) is 0.0250. The van der Waals surface area contributed by atoms with Crippen LogP contribution in [-0.4, -0.2) is 27.6 Å². The van der Waals surface area contributed by atoms with Crippen LogP contribution < -0.4 is 21.0 Å². The first-order chi connectivity index (χ1) is 23.5. The summed E-state index contributed by atoms with van der Waals surface area (Å²) in [6.07, 6.45) is -1.83. The normalized spacial score (nSPS) is 12.1. The van der Waals surface area contributed by atoms with E-state index in [1.54, 1.807) is 18.3 Å². The third-order valence-corrected chi connectivity index (χ3v) is 13.3. The van der Waals surface area contributed by atoms with Gasteiger partial charge in [0.2, 0.25) is 8.07 Å². The average molecular weight is 649 g/mol. The van der Waals surface area contributed by atoms with Crippen molar-refractivity contribution in [1.82, 2.24) is 19.5 Å². The number of para-hydroxylation sites is 2. The zero-order valence-electron chi connectivity index (χ0n) is 25.5. The smallest absolute Gasteiger partial charge is 0.293 e. The van der Waals surface area contributed by atoms with Crippen LogP contribution in [0.3, 0.4) is 0 Å². The van der Waals surface area contributed by atoms with Crippen molar-refractivity contribution in [2.45, 2.75) is 6.18 Å². The molecule has 232 valence electrons. The molecule has 0 spiro atoms. The molecule has 0 bridgehead atoms. The van der Waals surface area contributed by atoms with Crippen LogP contribution in [0.25, 0.3) is 38.8 Å². The number of alkyl halides is 3. The summed E-state index contributed by atoms with van der Waals surface area (Å²) in [4.78, 5) is 14.2. The van der Waals surface area contributed by atoms with E-state index in [0.29, 0.717) is 0 Å². The van der Waals surface area contributed by atoms with Crippen LogP contribution in [-0.2, 0) is 6.18 Å². The molecule has 0 aliphatic heterocycles. The highest BCUT2D eigenvalue weighted by molar-refractivity contribution is 7.19. The van der Waals surface area contributed by atoms with Crippen molar-refractivity contribution in [1.29, 1.82) is 0 Å². The SMILES string of the molecule is FC(F)(F)c1nc([Si](c2ccccc2)(c2ccccc2)c2ccccc2)nc(-n2c3ccccc3c3ccccc32)c1-c1cccnc1. The number of pyridine rings is 1. The first-order valence-corrected chi connectivity index (χ1v) is 17.5. The lowest BCUT2D eigenvalue weighted by atomic mass is 10.1. The Bertz CT molecular complexity index is 2230. The van der Waals surface area contributed by atoms with Crippen molar-refractivity contribution in [3.8, 4) is 16.9 Å². The molecule has 0 fully saturated rings. The van der Waals surface area contributed by atoms with Gasteiger partial charge in [0, 0.05) is 28.7 Å². The predicted molar refractivity (Wildman–Crippen MR) is 188 cm³/mol. The van der Waals surface area contributed by atoms with Crippen LogP contribution in [0, 0.1) is 0 Å². The summed E-state index contributed by atoms with van der Waals surface area (Å²) < 4.78 is 48.8. The van der Waals surface area contributed by atoms with Crippen LogP contribution in [0.5, 0.6) is 0 Å². The second kappa shape index (κ2) is 11.7. The van der Waals surface area contributed by atoms with Crippen LogP contribution in [0.4, 0.5) is 13.2 Å².